The largest absolute Gasteiger partial charge is 0.310 e. The molecule has 1 unspecified atom stereocenters. The van der Waals surface area contributed by atoms with Gasteiger partial charge < -0.3 is 5.32 Å². The van der Waals surface area contributed by atoms with Crippen LogP contribution in [-0.2, 0) is 6.42 Å². The molecule has 12 heavy (non-hydrogen) atoms. The second kappa shape index (κ2) is 3.28. The number of rotatable bonds is 0. The third kappa shape index (κ3) is 1.37. The highest BCUT2D eigenvalue weighted by Crippen LogP contribution is 2.21. The highest BCUT2D eigenvalue weighted by Gasteiger charge is 2.12. The first-order valence-corrected chi connectivity index (χ1v) is 4.69. The molecule has 1 atom stereocenters. The van der Waals surface area contributed by atoms with Crippen molar-refractivity contribution in [3.05, 3.63) is 35.4 Å². The predicted octanol–water partition coefficient (Wildman–Crippen LogP) is 2.28. The lowest BCUT2D eigenvalue weighted by Crippen LogP contribution is -2.17. The van der Waals surface area contributed by atoms with Crippen LogP contribution in [-0.4, -0.2) is 6.54 Å². The third-order valence-corrected chi connectivity index (χ3v) is 2.60. The zero-order valence-electron chi connectivity index (χ0n) is 7.51. The van der Waals surface area contributed by atoms with Gasteiger partial charge in [0.1, 0.15) is 0 Å². The minimum atomic E-state index is 0.531. The predicted molar refractivity (Wildman–Crippen MR) is 51.2 cm³/mol. The molecule has 1 N–H and O–H groups in total. The van der Waals surface area contributed by atoms with Crippen molar-refractivity contribution < 1.29 is 0 Å². The van der Waals surface area contributed by atoms with Crippen LogP contribution in [0, 0.1) is 0 Å². The summed E-state index contributed by atoms with van der Waals surface area (Å²) in [6.45, 7) is 3.39. The monoisotopic (exact) mass is 161 g/mol. The quantitative estimate of drug-likeness (QED) is 0.615. The van der Waals surface area contributed by atoms with Gasteiger partial charge in [0.15, 0.2) is 0 Å². The molecule has 0 aromatic heterocycles. The number of fused-ring (bicyclic) bond motifs is 1. The number of aryl methyl sites for hydroxylation is 1. The second-order valence-electron chi connectivity index (χ2n) is 3.48. The highest BCUT2D eigenvalue weighted by atomic mass is 14.9. The van der Waals surface area contributed by atoms with E-state index in [1.165, 1.54) is 24.0 Å². The van der Waals surface area contributed by atoms with Crippen LogP contribution in [0.4, 0.5) is 0 Å². The molecule has 1 aromatic rings. The lowest BCUT2D eigenvalue weighted by molar-refractivity contribution is 0.582. The van der Waals surface area contributed by atoms with Gasteiger partial charge in [0.05, 0.1) is 0 Å². The summed E-state index contributed by atoms with van der Waals surface area (Å²) in [5, 5.41) is 3.50. The highest BCUT2D eigenvalue weighted by molar-refractivity contribution is 5.30. The van der Waals surface area contributed by atoms with Gasteiger partial charge in [-0.25, -0.2) is 0 Å². The molecular weight excluding hydrogens is 146 g/mol. The van der Waals surface area contributed by atoms with Gasteiger partial charge in [-0.05, 0) is 37.4 Å². The fourth-order valence-corrected chi connectivity index (χ4v) is 1.89. The average Bonchev–Trinajstić information content (AvgIpc) is 2.29. The van der Waals surface area contributed by atoms with Crippen molar-refractivity contribution in [2.75, 3.05) is 6.54 Å². The van der Waals surface area contributed by atoms with Crippen LogP contribution < -0.4 is 5.32 Å². The molecule has 0 aliphatic carbocycles. The zero-order chi connectivity index (χ0) is 8.39. The maximum absolute atomic E-state index is 3.50. The van der Waals surface area contributed by atoms with Crippen LogP contribution in [0.25, 0.3) is 0 Å². The first kappa shape index (κ1) is 7.81. The normalized spacial score (nSPS) is 22.9. The molecule has 0 bridgehead atoms. The topological polar surface area (TPSA) is 12.0 Å². The van der Waals surface area contributed by atoms with Crippen molar-refractivity contribution >= 4 is 0 Å². The number of hydrogen-bond donors (Lipinski definition) is 1. The smallest absolute Gasteiger partial charge is 0.0294 e. The summed E-state index contributed by atoms with van der Waals surface area (Å²) in [5.41, 5.74) is 3.00. The molecule has 0 radical (unpaired) electrons. The van der Waals surface area contributed by atoms with E-state index in [0.29, 0.717) is 6.04 Å². The fraction of sp³-hybridized carbons (Fsp3) is 0.455. The van der Waals surface area contributed by atoms with Crippen molar-refractivity contribution in [3.63, 3.8) is 0 Å². The van der Waals surface area contributed by atoms with Crippen LogP contribution in [0.5, 0.6) is 0 Å². The molecule has 0 fully saturated rings. The molecule has 1 heteroatoms. The summed E-state index contributed by atoms with van der Waals surface area (Å²) < 4.78 is 0. The van der Waals surface area contributed by atoms with Crippen LogP contribution in [0.1, 0.15) is 30.5 Å². The fourth-order valence-electron chi connectivity index (χ4n) is 1.89. The van der Waals surface area contributed by atoms with Crippen molar-refractivity contribution in [2.24, 2.45) is 0 Å². The lowest BCUT2D eigenvalue weighted by atomic mass is 10.0. The summed E-state index contributed by atoms with van der Waals surface area (Å²) in [5.74, 6) is 0. The van der Waals surface area contributed by atoms with Crippen LogP contribution in [0.15, 0.2) is 24.3 Å². The molecule has 1 aliphatic heterocycles. The van der Waals surface area contributed by atoms with Gasteiger partial charge in [0.25, 0.3) is 0 Å². The van der Waals surface area contributed by atoms with Crippen molar-refractivity contribution in [1.29, 1.82) is 0 Å². The minimum Gasteiger partial charge on any atom is -0.310 e. The van der Waals surface area contributed by atoms with E-state index in [9.17, 15) is 0 Å². The van der Waals surface area contributed by atoms with Gasteiger partial charge in [0, 0.05) is 6.04 Å². The second-order valence-corrected chi connectivity index (χ2v) is 3.48. The molecule has 0 saturated heterocycles. The third-order valence-electron chi connectivity index (χ3n) is 2.60. The Bertz CT molecular complexity index is 267. The van der Waals surface area contributed by atoms with Crippen molar-refractivity contribution in [1.82, 2.24) is 5.32 Å². The summed E-state index contributed by atoms with van der Waals surface area (Å²) in [6, 6.07) is 9.28. The summed E-state index contributed by atoms with van der Waals surface area (Å²) in [4.78, 5) is 0. The van der Waals surface area contributed by atoms with E-state index in [2.05, 4.69) is 36.5 Å². The molecule has 0 amide bonds. The summed E-state index contributed by atoms with van der Waals surface area (Å²) >= 11 is 0. The Hall–Kier alpha value is -0.820. The van der Waals surface area contributed by atoms with Gasteiger partial charge in [0.2, 0.25) is 0 Å². The van der Waals surface area contributed by atoms with Gasteiger partial charge in [-0.2, -0.15) is 0 Å². The Morgan fingerprint density at radius 1 is 1.33 bits per heavy atom. The molecule has 1 aromatic carbocycles. The van der Waals surface area contributed by atoms with Crippen LogP contribution in [0.3, 0.4) is 0 Å². The SMILES string of the molecule is CC1NCCCc2ccccc21. The molecular formula is C11H15N. The lowest BCUT2D eigenvalue weighted by Gasteiger charge is -2.12. The minimum absolute atomic E-state index is 0.531. The summed E-state index contributed by atoms with van der Waals surface area (Å²) in [7, 11) is 0. The van der Waals surface area contributed by atoms with Gasteiger partial charge in [-0.15, -0.1) is 0 Å². The van der Waals surface area contributed by atoms with Crippen molar-refractivity contribution in [3.8, 4) is 0 Å². The summed E-state index contributed by atoms with van der Waals surface area (Å²) in [6.07, 6.45) is 2.49. The average molecular weight is 161 g/mol. The molecule has 1 nitrogen and oxygen atoms in total. The molecule has 0 saturated carbocycles. The first-order chi connectivity index (χ1) is 5.88. The van der Waals surface area contributed by atoms with Crippen molar-refractivity contribution in [2.45, 2.75) is 25.8 Å². The maximum Gasteiger partial charge on any atom is 0.0294 e. The van der Waals surface area contributed by atoms with Crippen LogP contribution >= 0.6 is 0 Å². The molecule has 1 heterocycles. The Morgan fingerprint density at radius 3 is 3.08 bits per heavy atom. The zero-order valence-corrected chi connectivity index (χ0v) is 7.51. The van der Waals surface area contributed by atoms with E-state index in [4.69, 9.17) is 0 Å². The Balaban J connectivity index is 2.39. The molecule has 64 valence electrons. The van der Waals surface area contributed by atoms with E-state index >= 15 is 0 Å². The first-order valence-electron chi connectivity index (χ1n) is 4.69. The van der Waals surface area contributed by atoms with Gasteiger partial charge >= 0.3 is 0 Å². The standard InChI is InChI=1S/C11H15N/c1-9-11-7-3-2-5-10(11)6-4-8-12-9/h2-3,5,7,9,12H,4,6,8H2,1H3. The van der Waals surface area contributed by atoms with Gasteiger partial charge in [-0.3, -0.25) is 0 Å². The number of nitrogens with one attached hydrogen (secondary N) is 1. The molecule has 0 spiro atoms. The Labute approximate surface area is 73.8 Å². The van der Waals surface area contributed by atoms with Gasteiger partial charge in [-0.1, -0.05) is 24.3 Å². The van der Waals surface area contributed by atoms with E-state index < -0.39 is 0 Å². The van der Waals surface area contributed by atoms with E-state index in [-0.39, 0.29) is 0 Å². The van der Waals surface area contributed by atoms with E-state index in [1.54, 1.807) is 0 Å². The number of hydrogen-bond acceptors (Lipinski definition) is 1. The molecule has 2 rings (SSSR count). The Kier molecular flexibility index (Phi) is 2.13. The van der Waals surface area contributed by atoms with Crippen LogP contribution in [0.2, 0.25) is 0 Å². The van der Waals surface area contributed by atoms with E-state index in [0.717, 1.165) is 6.54 Å². The number of benzene rings is 1. The molecule has 1 aliphatic rings. The maximum atomic E-state index is 3.50. The van der Waals surface area contributed by atoms with E-state index in [1.807, 2.05) is 0 Å². The Morgan fingerprint density at radius 2 is 2.17 bits per heavy atom.